The summed E-state index contributed by atoms with van der Waals surface area (Å²) in [4.78, 5) is 41.6. The molecule has 2 heterocycles. The van der Waals surface area contributed by atoms with Gasteiger partial charge in [0.15, 0.2) is 9.84 Å². The van der Waals surface area contributed by atoms with Crippen LogP contribution in [0, 0.1) is 24.0 Å². The number of anilines is 1. The zero-order valence-corrected chi connectivity index (χ0v) is 24.6. The number of carbonyl (C=O) groups is 2. The molecule has 42 heavy (non-hydrogen) atoms. The monoisotopic (exact) mass is 595 g/mol. The molecule has 0 aliphatic carbocycles. The molecule has 1 aliphatic heterocycles. The molecule has 13 heteroatoms. The SMILES string of the molecule is CCN(CC)CCNC(=O)c1c(C)[nH]c(C=C2C(=O)Nc3ccc(S(=O)(=O)Cc4cc([N+](=O)[O-])ccc4O)cc32)c1C. The van der Waals surface area contributed by atoms with E-state index in [9.17, 15) is 33.2 Å². The number of nitrogens with one attached hydrogen (secondary N) is 3. The zero-order valence-electron chi connectivity index (χ0n) is 23.8. The molecular weight excluding hydrogens is 562 g/mol. The van der Waals surface area contributed by atoms with Crippen LogP contribution in [0.4, 0.5) is 11.4 Å². The number of fused-ring (bicyclic) bond motifs is 1. The van der Waals surface area contributed by atoms with Crippen LogP contribution in [0.15, 0.2) is 41.3 Å². The first-order valence-corrected chi connectivity index (χ1v) is 15.1. The summed E-state index contributed by atoms with van der Waals surface area (Å²) in [6.07, 6.45) is 1.58. The van der Waals surface area contributed by atoms with Crippen LogP contribution >= 0.6 is 0 Å². The first-order chi connectivity index (χ1) is 19.9. The molecule has 0 saturated heterocycles. The fourth-order valence-corrected chi connectivity index (χ4v) is 6.33. The number of hydrogen-bond donors (Lipinski definition) is 4. The van der Waals surface area contributed by atoms with E-state index in [0.717, 1.165) is 37.8 Å². The fraction of sp³-hybridized carbons (Fsp3) is 0.310. The Morgan fingerprint density at radius 2 is 1.86 bits per heavy atom. The fourth-order valence-electron chi connectivity index (χ4n) is 4.95. The Bertz CT molecular complexity index is 1710. The lowest BCUT2D eigenvalue weighted by Gasteiger charge is -2.18. The maximum absolute atomic E-state index is 13.3. The first-order valence-electron chi connectivity index (χ1n) is 13.4. The van der Waals surface area contributed by atoms with Crippen LogP contribution < -0.4 is 10.6 Å². The lowest BCUT2D eigenvalue weighted by atomic mass is 10.0. The topological polar surface area (TPSA) is 175 Å². The van der Waals surface area contributed by atoms with E-state index in [1.54, 1.807) is 19.9 Å². The van der Waals surface area contributed by atoms with Gasteiger partial charge in [0.05, 0.1) is 26.7 Å². The van der Waals surface area contributed by atoms with Crippen molar-refractivity contribution in [1.82, 2.24) is 15.2 Å². The normalized spacial score (nSPS) is 13.8. The summed E-state index contributed by atoms with van der Waals surface area (Å²) < 4.78 is 26.5. The van der Waals surface area contributed by atoms with Crippen LogP contribution in [-0.2, 0) is 20.4 Å². The number of rotatable bonds is 11. The Kier molecular flexibility index (Phi) is 8.83. The van der Waals surface area contributed by atoms with Gasteiger partial charge in [-0.1, -0.05) is 13.8 Å². The molecule has 1 aliphatic rings. The molecule has 0 fully saturated rings. The number of amides is 2. The molecule has 2 amide bonds. The summed E-state index contributed by atoms with van der Waals surface area (Å²) in [5, 5.41) is 26.9. The van der Waals surface area contributed by atoms with Gasteiger partial charge in [-0.25, -0.2) is 8.42 Å². The molecule has 1 aromatic heterocycles. The Morgan fingerprint density at radius 3 is 2.52 bits per heavy atom. The molecule has 4 N–H and O–H groups in total. The summed E-state index contributed by atoms with van der Waals surface area (Å²) in [5.74, 6) is -1.73. The standard InChI is InChI=1S/C29H33N5O7S/c1-5-33(6-2)12-11-30-29(37)27-17(3)25(31-18(27)4)15-23-22-14-21(8-9-24(22)32-28(23)36)42(40,41)16-19-13-20(34(38)39)7-10-26(19)35/h7-10,13-15,31,35H,5-6,11-12,16H2,1-4H3,(H,30,37)(H,32,36). The number of aryl methyl sites for hydroxylation is 1. The highest BCUT2D eigenvalue weighted by Crippen LogP contribution is 2.36. The highest BCUT2D eigenvalue weighted by molar-refractivity contribution is 7.90. The number of likely N-dealkylation sites (N-methyl/N-ethyl adjacent to an activating group) is 1. The van der Waals surface area contributed by atoms with E-state index in [2.05, 4.69) is 34.4 Å². The predicted molar refractivity (Wildman–Crippen MR) is 159 cm³/mol. The predicted octanol–water partition coefficient (Wildman–Crippen LogP) is 3.78. The third-order valence-electron chi connectivity index (χ3n) is 7.35. The van der Waals surface area contributed by atoms with Crippen molar-refractivity contribution < 1.29 is 28.0 Å². The minimum atomic E-state index is -4.07. The molecule has 0 spiro atoms. The van der Waals surface area contributed by atoms with Gasteiger partial charge in [-0.3, -0.25) is 19.7 Å². The van der Waals surface area contributed by atoms with Crippen molar-refractivity contribution in [3.63, 3.8) is 0 Å². The van der Waals surface area contributed by atoms with E-state index in [-0.39, 0.29) is 33.4 Å². The number of benzene rings is 2. The number of non-ortho nitro benzene ring substituents is 1. The van der Waals surface area contributed by atoms with Crippen molar-refractivity contribution in [2.75, 3.05) is 31.5 Å². The third kappa shape index (κ3) is 6.21. The highest BCUT2D eigenvalue weighted by Gasteiger charge is 2.29. The minimum absolute atomic E-state index is 0.116. The van der Waals surface area contributed by atoms with Crippen LogP contribution in [0.5, 0.6) is 5.75 Å². The first kappa shape index (κ1) is 30.5. The van der Waals surface area contributed by atoms with Gasteiger partial charge in [-0.2, -0.15) is 0 Å². The molecule has 0 saturated carbocycles. The molecule has 4 rings (SSSR count). The van der Waals surface area contributed by atoms with Crippen molar-refractivity contribution in [1.29, 1.82) is 0 Å². The number of H-pyrrole nitrogens is 1. The van der Waals surface area contributed by atoms with Crippen molar-refractivity contribution in [2.24, 2.45) is 0 Å². The number of nitro benzene ring substituents is 1. The number of aromatic amines is 1. The van der Waals surface area contributed by atoms with Gasteiger partial charge in [-0.15, -0.1) is 0 Å². The van der Waals surface area contributed by atoms with Gasteiger partial charge >= 0.3 is 0 Å². The molecule has 0 radical (unpaired) electrons. The number of hydrogen-bond acceptors (Lipinski definition) is 8. The van der Waals surface area contributed by atoms with Crippen LogP contribution in [0.1, 0.15) is 52.3 Å². The summed E-state index contributed by atoms with van der Waals surface area (Å²) in [7, 11) is -4.07. The van der Waals surface area contributed by atoms with E-state index in [4.69, 9.17) is 0 Å². The van der Waals surface area contributed by atoms with Crippen LogP contribution in [0.25, 0.3) is 11.6 Å². The van der Waals surface area contributed by atoms with Gasteiger partial charge in [0.1, 0.15) is 5.75 Å². The number of sulfone groups is 1. The van der Waals surface area contributed by atoms with E-state index in [1.165, 1.54) is 18.2 Å². The molecule has 2 aromatic carbocycles. The van der Waals surface area contributed by atoms with Crippen molar-refractivity contribution in [3.8, 4) is 5.75 Å². The van der Waals surface area contributed by atoms with E-state index in [1.807, 2.05) is 0 Å². The van der Waals surface area contributed by atoms with Gasteiger partial charge in [0.25, 0.3) is 17.5 Å². The minimum Gasteiger partial charge on any atom is -0.508 e. The number of aromatic hydroxyl groups is 1. The summed E-state index contributed by atoms with van der Waals surface area (Å²) in [6.45, 7) is 10.6. The Balaban J connectivity index is 1.63. The lowest BCUT2D eigenvalue weighted by Crippen LogP contribution is -2.35. The van der Waals surface area contributed by atoms with Gasteiger partial charge < -0.3 is 25.6 Å². The molecular formula is C29H33N5O7S. The molecule has 222 valence electrons. The molecule has 0 atom stereocenters. The van der Waals surface area contributed by atoms with Gasteiger partial charge in [-0.05, 0) is 62.8 Å². The lowest BCUT2D eigenvalue weighted by molar-refractivity contribution is -0.384. The number of nitro groups is 1. The van der Waals surface area contributed by atoms with Crippen molar-refractivity contribution in [2.45, 2.75) is 38.3 Å². The van der Waals surface area contributed by atoms with Gasteiger partial charge in [0, 0.05) is 53.4 Å². The number of nitrogens with zero attached hydrogens (tertiary/aromatic N) is 2. The summed E-state index contributed by atoms with van der Waals surface area (Å²) >= 11 is 0. The van der Waals surface area contributed by atoms with Crippen LogP contribution in [0.2, 0.25) is 0 Å². The van der Waals surface area contributed by atoms with E-state index < -0.39 is 26.4 Å². The zero-order chi connectivity index (χ0) is 30.8. The smallest absolute Gasteiger partial charge is 0.270 e. The average Bonchev–Trinajstić information content (AvgIpc) is 3.41. The van der Waals surface area contributed by atoms with Crippen LogP contribution in [-0.4, -0.2) is 66.3 Å². The van der Waals surface area contributed by atoms with Gasteiger partial charge in [0.2, 0.25) is 0 Å². The second-order valence-corrected chi connectivity index (χ2v) is 12.0. The number of phenolic OH excluding ortho intramolecular Hbond substituents is 1. The molecule has 3 aromatic rings. The molecule has 0 unspecified atom stereocenters. The highest BCUT2D eigenvalue weighted by atomic mass is 32.2. The Hall–Kier alpha value is -4.49. The van der Waals surface area contributed by atoms with E-state index >= 15 is 0 Å². The second-order valence-electron chi connectivity index (χ2n) is 10.00. The maximum Gasteiger partial charge on any atom is 0.270 e. The molecule has 12 nitrogen and oxygen atoms in total. The molecule has 0 bridgehead atoms. The Labute approximate surface area is 243 Å². The number of phenols is 1. The Morgan fingerprint density at radius 1 is 1.14 bits per heavy atom. The van der Waals surface area contributed by atoms with Crippen molar-refractivity contribution >= 4 is 44.7 Å². The quantitative estimate of drug-likeness (QED) is 0.147. The summed E-state index contributed by atoms with van der Waals surface area (Å²) in [6, 6.07) is 7.34. The average molecular weight is 596 g/mol. The number of aromatic nitrogens is 1. The van der Waals surface area contributed by atoms with Crippen molar-refractivity contribution in [3.05, 3.63) is 80.2 Å². The largest absolute Gasteiger partial charge is 0.508 e. The number of carbonyl (C=O) groups excluding carboxylic acids is 2. The second kappa shape index (κ2) is 12.2. The maximum atomic E-state index is 13.3. The summed E-state index contributed by atoms with van der Waals surface area (Å²) in [5.41, 5.74) is 2.80. The third-order valence-corrected chi connectivity index (χ3v) is 9.02. The van der Waals surface area contributed by atoms with E-state index in [0.29, 0.717) is 40.3 Å². The van der Waals surface area contributed by atoms with Crippen LogP contribution in [0.3, 0.4) is 0 Å².